The Morgan fingerprint density at radius 1 is 1.43 bits per heavy atom. The van der Waals surface area contributed by atoms with Crippen LogP contribution in [0.4, 0.5) is 0 Å². The van der Waals surface area contributed by atoms with Gasteiger partial charge in [0.2, 0.25) is 0 Å². The summed E-state index contributed by atoms with van der Waals surface area (Å²) in [5.74, 6) is 0. The number of nitrogens with zero attached hydrogens (tertiary/aromatic N) is 1. The van der Waals surface area contributed by atoms with Crippen LogP contribution in [0.1, 0.15) is 18.1 Å². The fourth-order valence-corrected chi connectivity index (χ4v) is 3.33. The van der Waals surface area contributed by atoms with E-state index in [1.54, 1.807) is 5.19 Å². The van der Waals surface area contributed by atoms with Crippen molar-refractivity contribution >= 4 is 20.9 Å². The number of benzene rings is 1. The third-order valence-corrected chi connectivity index (χ3v) is 4.00. The largest absolute Gasteiger partial charge is 0.330 e. The molecule has 0 spiro atoms. The van der Waals surface area contributed by atoms with Crippen LogP contribution in [0.25, 0.3) is 6.08 Å². The van der Waals surface area contributed by atoms with Gasteiger partial charge in [0, 0.05) is 0 Å². The first-order valence-electron chi connectivity index (χ1n) is 5.07. The summed E-state index contributed by atoms with van der Waals surface area (Å²) < 4.78 is 2.33. The lowest BCUT2D eigenvalue weighted by atomic mass is 10.1. The lowest BCUT2D eigenvalue weighted by Gasteiger charge is -2.14. The topological polar surface area (TPSA) is 3.24 Å². The summed E-state index contributed by atoms with van der Waals surface area (Å²) >= 11 is 0. The van der Waals surface area contributed by atoms with E-state index in [1.165, 1.54) is 11.1 Å². The summed E-state index contributed by atoms with van der Waals surface area (Å²) in [5, 5.41) is 1.55. The Balaban J connectivity index is 3.08. The zero-order valence-electron chi connectivity index (χ0n) is 9.38. The average molecular weight is 205 g/mol. The summed E-state index contributed by atoms with van der Waals surface area (Å²) in [4.78, 5) is 0. The third-order valence-electron chi connectivity index (χ3n) is 2.37. The predicted molar refractivity (Wildman–Crippen MR) is 67.8 cm³/mol. The van der Waals surface area contributed by atoms with E-state index in [4.69, 9.17) is 0 Å². The van der Waals surface area contributed by atoms with Crippen LogP contribution in [-0.2, 0) is 6.42 Å². The average Bonchev–Trinajstić information content (AvgIpc) is 2.16. The molecule has 0 bridgehead atoms. The van der Waals surface area contributed by atoms with Gasteiger partial charge in [-0.05, 0) is 36.8 Å². The van der Waals surface area contributed by atoms with Crippen molar-refractivity contribution in [1.82, 2.24) is 4.57 Å². The van der Waals surface area contributed by atoms with Crippen molar-refractivity contribution in [2.24, 2.45) is 0 Å². The van der Waals surface area contributed by atoms with E-state index in [-0.39, 0.29) is 9.68 Å². The molecule has 0 radical (unpaired) electrons. The van der Waals surface area contributed by atoms with Crippen molar-refractivity contribution < 1.29 is 0 Å². The minimum Gasteiger partial charge on any atom is -0.330 e. The maximum absolute atomic E-state index is 3.86. The van der Waals surface area contributed by atoms with E-state index < -0.39 is 0 Å². The molecule has 0 aliphatic heterocycles. The minimum absolute atomic E-state index is 0.262. The second kappa shape index (κ2) is 5.13. The second-order valence-corrected chi connectivity index (χ2v) is 6.12. The zero-order valence-corrected chi connectivity index (χ0v) is 10.8. The highest BCUT2D eigenvalue weighted by molar-refractivity contribution is 6.51. The maximum Gasteiger partial charge on any atom is 0.127 e. The summed E-state index contributed by atoms with van der Waals surface area (Å²) in [6.45, 7) is 6.08. The lowest BCUT2D eigenvalue weighted by molar-refractivity contribution is 0.668. The molecule has 0 saturated heterocycles. The number of hydrogen-bond donors (Lipinski definition) is 0. The molecule has 1 nitrogen and oxygen atoms in total. The van der Waals surface area contributed by atoms with Gasteiger partial charge < -0.3 is 4.57 Å². The van der Waals surface area contributed by atoms with Crippen molar-refractivity contribution in [3.8, 4) is 0 Å². The van der Waals surface area contributed by atoms with Gasteiger partial charge in [-0.2, -0.15) is 0 Å². The smallest absolute Gasteiger partial charge is 0.127 e. The molecule has 14 heavy (non-hydrogen) atoms. The van der Waals surface area contributed by atoms with Crippen molar-refractivity contribution in [2.75, 3.05) is 14.1 Å². The van der Waals surface area contributed by atoms with Crippen molar-refractivity contribution in [1.29, 1.82) is 0 Å². The highest BCUT2D eigenvalue weighted by Crippen LogP contribution is 2.08. The molecule has 0 heterocycles. The maximum atomic E-state index is 3.86. The van der Waals surface area contributed by atoms with E-state index in [1.807, 2.05) is 6.08 Å². The van der Waals surface area contributed by atoms with E-state index in [2.05, 4.69) is 50.4 Å². The second-order valence-electron chi connectivity index (χ2n) is 3.78. The van der Waals surface area contributed by atoms with Gasteiger partial charge in [0.05, 0.1) is 0 Å². The molecule has 0 saturated carbocycles. The fraction of sp³-hybridized carbons (Fsp3) is 0.333. The quantitative estimate of drug-likeness (QED) is 0.667. The molecule has 0 aliphatic rings. The molecule has 1 aromatic carbocycles. The van der Waals surface area contributed by atoms with Gasteiger partial charge >= 0.3 is 0 Å². The Labute approximate surface area is 89.3 Å². The molecular formula is C12H19NSi. The van der Waals surface area contributed by atoms with Crippen LogP contribution in [0.15, 0.2) is 24.8 Å². The van der Waals surface area contributed by atoms with Crippen LogP contribution < -0.4 is 5.19 Å². The van der Waals surface area contributed by atoms with E-state index in [0.29, 0.717) is 0 Å². The Bertz CT molecular complexity index is 318. The van der Waals surface area contributed by atoms with Gasteiger partial charge in [-0.3, -0.25) is 0 Å². The zero-order chi connectivity index (χ0) is 10.6. The molecular weight excluding hydrogens is 186 g/mol. The number of rotatable bonds is 4. The third kappa shape index (κ3) is 2.56. The molecule has 0 aliphatic carbocycles. The molecule has 0 aromatic heterocycles. The Morgan fingerprint density at radius 3 is 2.64 bits per heavy atom. The van der Waals surface area contributed by atoms with Crippen molar-refractivity contribution in [3.05, 3.63) is 35.9 Å². The molecule has 1 aromatic rings. The van der Waals surface area contributed by atoms with Crippen LogP contribution in [0.5, 0.6) is 0 Å². The first-order valence-corrected chi connectivity index (χ1v) is 6.41. The van der Waals surface area contributed by atoms with Gasteiger partial charge in [-0.1, -0.05) is 37.8 Å². The SMILES string of the molecule is C=Cc1cccc([SiH2]N(C)C)c1CC. The highest BCUT2D eigenvalue weighted by atomic mass is 28.2. The molecule has 0 fully saturated rings. The molecule has 0 N–H and O–H groups in total. The first-order chi connectivity index (χ1) is 6.69. The van der Waals surface area contributed by atoms with E-state index in [9.17, 15) is 0 Å². The monoisotopic (exact) mass is 205 g/mol. The molecule has 0 unspecified atom stereocenters. The summed E-state index contributed by atoms with van der Waals surface area (Å²) in [5.41, 5.74) is 2.79. The molecule has 2 heteroatoms. The van der Waals surface area contributed by atoms with Crippen LogP contribution in [0.3, 0.4) is 0 Å². The van der Waals surface area contributed by atoms with E-state index >= 15 is 0 Å². The molecule has 0 atom stereocenters. The van der Waals surface area contributed by atoms with E-state index in [0.717, 1.165) is 6.42 Å². The highest BCUT2D eigenvalue weighted by Gasteiger charge is 2.05. The summed E-state index contributed by atoms with van der Waals surface area (Å²) in [6, 6.07) is 6.56. The Morgan fingerprint density at radius 2 is 2.14 bits per heavy atom. The lowest BCUT2D eigenvalue weighted by Crippen LogP contribution is -2.32. The van der Waals surface area contributed by atoms with Crippen LogP contribution in [0.2, 0.25) is 0 Å². The summed E-state index contributed by atoms with van der Waals surface area (Å²) in [7, 11) is 4.06. The fourth-order valence-electron chi connectivity index (χ4n) is 1.77. The first kappa shape index (κ1) is 11.2. The normalized spacial score (nSPS) is 11.4. The standard InChI is InChI=1S/C12H19NSi/c1-5-10-8-7-9-12(11(10)6-2)14-13(3)4/h5,7-9H,1,6,14H2,2-4H3. The number of hydrogen-bond acceptors (Lipinski definition) is 1. The van der Waals surface area contributed by atoms with Crippen LogP contribution in [-0.4, -0.2) is 28.3 Å². The Hall–Kier alpha value is -0.863. The van der Waals surface area contributed by atoms with Gasteiger partial charge in [-0.25, -0.2) is 0 Å². The summed E-state index contributed by atoms with van der Waals surface area (Å²) in [6.07, 6.45) is 3.07. The van der Waals surface area contributed by atoms with Gasteiger partial charge in [0.25, 0.3) is 0 Å². The van der Waals surface area contributed by atoms with Crippen LogP contribution >= 0.6 is 0 Å². The van der Waals surface area contributed by atoms with Crippen molar-refractivity contribution in [2.45, 2.75) is 13.3 Å². The molecule has 0 amide bonds. The Kier molecular flexibility index (Phi) is 4.11. The van der Waals surface area contributed by atoms with Gasteiger partial charge in [0.1, 0.15) is 9.68 Å². The van der Waals surface area contributed by atoms with Gasteiger partial charge in [-0.15, -0.1) is 0 Å². The van der Waals surface area contributed by atoms with Crippen molar-refractivity contribution in [3.63, 3.8) is 0 Å². The van der Waals surface area contributed by atoms with Crippen LogP contribution in [0, 0.1) is 0 Å². The minimum atomic E-state index is -0.262. The molecule has 76 valence electrons. The van der Waals surface area contributed by atoms with Gasteiger partial charge in [0.15, 0.2) is 0 Å². The predicted octanol–water partition coefficient (Wildman–Crippen LogP) is 1.16. The molecule has 1 rings (SSSR count).